The van der Waals surface area contributed by atoms with Crippen molar-refractivity contribution in [2.75, 3.05) is 37.4 Å². The van der Waals surface area contributed by atoms with Crippen molar-refractivity contribution in [3.05, 3.63) is 70.9 Å². The molecule has 1 aromatic heterocycles. The van der Waals surface area contributed by atoms with E-state index in [9.17, 15) is 9.59 Å². The van der Waals surface area contributed by atoms with Crippen LogP contribution in [0.2, 0.25) is 5.02 Å². The van der Waals surface area contributed by atoms with Gasteiger partial charge >= 0.3 is 6.03 Å². The Morgan fingerprint density at radius 3 is 2.43 bits per heavy atom. The number of hydrogen-bond donors (Lipinski definition) is 2. The average molecular weight is 498 g/mol. The number of ether oxygens (including phenoxy) is 1. The van der Waals surface area contributed by atoms with Gasteiger partial charge in [0.2, 0.25) is 5.91 Å². The van der Waals surface area contributed by atoms with Crippen LogP contribution in [0.5, 0.6) is 0 Å². The number of amides is 3. The Morgan fingerprint density at radius 1 is 1.09 bits per heavy atom. The van der Waals surface area contributed by atoms with Crippen LogP contribution in [0.3, 0.4) is 0 Å². The van der Waals surface area contributed by atoms with E-state index in [1.165, 1.54) is 4.90 Å². The highest BCUT2D eigenvalue weighted by Gasteiger charge is 2.23. The average Bonchev–Trinajstić information content (AvgIpc) is 3.21. The van der Waals surface area contributed by atoms with E-state index in [1.54, 1.807) is 36.1 Å². The lowest BCUT2D eigenvalue weighted by Gasteiger charge is -2.22. The lowest BCUT2D eigenvalue weighted by molar-refractivity contribution is -0.116. The van der Waals surface area contributed by atoms with E-state index in [4.69, 9.17) is 21.4 Å². The van der Waals surface area contributed by atoms with Gasteiger partial charge in [-0.2, -0.15) is 5.10 Å². The van der Waals surface area contributed by atoms with Gasteiger partial charge in [-0.05, 0) is 37.3 Å². The number of benzene rings is 2. The number of carbonyl (C=O) groups excluding carboxylic acids is 2. The number of anilines is 2. The van der Waals surface area contributed by atoms with Gasteiger partial charge in [-0.1, -0.05) is 56.1 Å². The molecular weight excluding hydrogens is 466 g/mol. The number of urea groups is 1. The molecular formula is C26H32ClN5O3. The molecule has 3 rings (SSSR count). The molecule has 1 heterocycles. The Kier molecular flexibility index (Phi) is 8.53. The maximum Gasteiger partial charge on any atom is 0.322 e. The number of carbonyl (C=O) groups is 2. The highest BCUT2D eigenvalue weighted by Crippen LogP contribution is 2.26. The van der Waals surface area contributed by atoms with Gasteiger partial charge in [-0.15, -0.1) is 0 Å². The van der Waals surface area contributed by atoms with Crippen molar-refractivity contribution in [1.29, 1.82) is 0 Å². The fourth-order valence-electron chi connectivity index (χ4n) is 3.30. The van der Waals surface area contributed by atoms with Gasteiger partial charge < -0.3 is 20.3 Å². The molecule has 2 N–H and O–H groups in total. The fourth-order valence-corrected chi connectivity index (χ4v) is 3.49. The van der Waals surface area contributed by atoms with E-state index in [0.29, 0.717) is 16.5 Å². The minimum atomic E-state index is -0.429. The van der Waals surface area contributed by atoms with E-state index in [-0.39, 0.29) is 31.0 Å². The lowest BCUT2D eigenvalue weighted by atomic mass is 9.92. The minimum absolute atomic E-state index is 0.167. The van der Waals surface area contributed by atoms with Gasteiger partial charge in [0.15, 0.2) is 0 Å². The monoisotopic (exact) mass is 497 g/mol. The van der Waals surface area contributed by atoms with Gasteiger partial charge in [0.25, 0.3) is 0 Å². The maximum absolute atomic E-state index is 13.1. The Balaban J connectivity index is 1.80. The summed E-state index contributed by atoms with van der Waals surface area (Å²) < 4.78 is 6.84. The zero-order valence-corrected chi connectivity index (χ0v) is 21.5. The summed E-state index contributed by atoms with van der Waals surface area (Å²) in [4.78, 5) is 27.3. The first-order valence-corrected chi connectivity index (χ1v) is 11.7. The summed E-state index contributed by atoms with van der Waals surface area (Å²) in [6, 6.07) is 16.2. The minimum Gasteiger partial charge on any atom is -0.383 e. The van der Waals surface area contributed by atoms with Crippen LogP contribution in [0, 0.1) is 6.92 Å². The molecule has 0 bridgehead atoms. The number of nitrogens with one attached hydrogen (secondary N) is 2. The molecule has 186 valence electrons. The molecule has 0 saturated carbocycles. The molecule has 0 fully saturated rings. The molecule has 0 aliphatic carbocycles. The van der Waals surface area contributed by atoms with E-state index >= 15 is 0 Å². The topological polar surface area (TPSA) is 88.5 Å². The van der Waals surface area contributed by atoms with Crippen molar-refractivity contribution >= 4 is 35.0 Å². The SMILES string of the molecule is COCCN(CC(=O)Nc1cc(C(C)(C)C)nn1-c1ccc(C)cc1)C(=O)Nc1cccc(Cl)c1. The van der Waals surface area contributed by atoms with Crippen LogP contribution in [0.25, 0.3) is 5.69 Å². The number of aryl methyl sites for hydroxylation is 1. The van der Waals surface area contributed by atoms with Gasteiger partial charge in [0.1, 0.15) is 12.4 Å². The summed E-state index contributed by atoms with van der Waals surface area (Å²) in [5.74, 6) is 0.182. The zero-order valence-electron chi connectivity index (χ0n) is 20.8. The predicted octanol–water partition coefficient (Wildman–Crippen LogP) is 5.25. The molecule has 0 atom stereocenters. The number of rotatable bonds is 8. The Bertz CT molecular complexity index is 1170. The number of halogens is 1. The molecule has 3 aromatic rings. The second kappa shape index (κ2) is 11.4. The van der Waals surface area contributed by atoms with Crippen LogP contribution in [-0.4, -0.2) is 53.4 Å². The third kappa shape index (κ3) is 7.31. The van der Waals surface area contributed by atoms with Crippen LogP contribution in [0.15, 0.2) is 54.6 Å². The second-order valence-corrected chi connectivity index (χ2v) is 9.75. The second-order valence-electron chi connectivity index (χ2n) is 9.32. The first-order valence-electron chi connectivity index (χ1n) is 11.3. The van der Waals surface area contributed by atoms with E-state index in [1.807, 2.05) is 37.3 Å². The van der Waals surface area contributed by atoms with Crippen LogP contribution in [0.4, 0.5) is 16.3 Å². The van der Waals surface area contributed by atoms with Crippen molar-refractivity contribution < 1.29 is 14.3 Å². The first-order chi connectivity index (χ1) is 16.6. The number of hydrogen-bond acceptors (Lipinski definition) is 4. The quantitative estimate of drug-likeness (QED) is 0.445. The summed E-state index contributed by atoms with van der Waals surface area (Å²) in [6.45, 7) is 8.55. The smallest absolute Gasteiger partial charge is 0.322 e. The van der Waals surface area contributed by atoms with Gasteiger partial charge in [-0.3, -0.25) is 4.79 Å². The fraction of sp³-hybridized carbons (Fsp3) is 0.346. The molecule has 0 aliphatic rings. The Morgan fingerprint density at radius 2 is 1.80 bits per heavy atom. The molecule has 8 nitrogen and oxygen atoms in total. The number of aromatic nitrogens is 2. The third-order valence-corrected chi connectivity index (χ3v) is 5.52. The molecule has 0 aliphatic heterocycles. The van der Waals surface area contributed by atoms with E-state index < -0.39 is 6.03 Å². The van der Waals surface area contributed by atoms with Crippen molar-refractivity contribution in [2.24, 2.45) is 0 Å². The summed E-state index contributed by atoms with van der Waals surface area (Å²) >= 11 is 6.02. The summed E-state index contributed by atoms with van der Waals surface area (Å²) in [5.41, 5.74) is 3.12. The molecule has 3 amide bonds. The third-order valence-electron chi connectivity index (χ3n) is 5.29. The number of methoxy groups -OCH3 is 1. The molecule has 0 saturated heterocycles. The van der Waals surface area contributed by atoms with Crippen LogP contribution < -0.4 is 10.6 Å². The van der Waals surface area contributed by atoms with Gasteiger partial charge in [0.05, 0.1) is 18.0 Å². The Hall–Kier alpha value is -3.36. The lowest BCUT2D eigenvalue weighted by Crippen LogP contribution is -2.42. The van der Waals surface area contributed by atoms with Crippen molar-refractivity contribution in [3.8, 4) is 5.69 Å². The normalized spacial score (nSPS) is 11.3. The van der Waals surface area contributed by atoms with Crippen LogP contribution >= 0.6 is 11.6 Å². The van der Waals surface area contributed by atoms with Crippen molar-refractivity contribution in [3.63, 3.8) is 0 Å². The van der Waals surface area contributed by atoms with Crippen LogP contribution in [-0.2, 0) is 14.9 Å². The van der Waals surface area contributed by atoms with Crippen molar-refractivity contribution in [2.45, 2.75) is 33.1 Å². The molecule has 35 heavy (non-hydrogen) atoms. The van der Waals surface area contributed by atoms with Crippen LogP contribution in [0.1, 0.15) is 32.0 Å². The summed E-state index contributed by atoms with van der Waals surface area (Å²) in [5, 5.41) is 10.9. The molecule has 9 heteroatoms. The Labute approximate surface area is 211 Å². The molecule has 2 aromatic carbocycles. The first kappa shape index (κ1) is 26.2. The van der Waals surface area contributed by atoms with Gasteiger partial charge in [0, 0.05) is 35.8 Å². The standard InChI is InChI=1S/C26H32ClN5O3/c1-18-9-11-21(12-10-18)32-23(16-22(30-32)26(2,3)4)29-24(33)17-31(13-14-35-5)25(34)28-20-8-6-7-19(27)15-20/h6-12,15-16H,13-14,17H2,1-5H3,(H,28,34)(H,29,33). The zero-order chi connectivity index (χ0) is 25.6. The largest absolute Gasteiger partial charge is 0.383 e. The number of nitrogens with zero attached hydrogens (tertiary/aromatic N) is 3. The van der Waals surface area contributed by atoms with E-state index in [2.05, 4.69) is 31.4 Å². The maximum atomic E-state index is 13.1. The molecule has 0 spiro atoms. The highest BCUT2D eigenvalue weighted by molar-refractivity contribution is 6.30. The summed E-state index contributed by atoms with van der Waals surface area (Å²) in [6.07, 6.45) is 0. The predicted molar refractivity (Wildman–Crippen MR) is 140 cm³/mol. The molecule has 0 radical (unpaired) electrons. The van der Waals surface area contributed by atoms with Crippen molar-refractivity contribution in [1.82, 2.24) is 14.7 Å². The summed E-state index contributed by atoms with van der Waals surface area (Å²) in [7, 11) is 1.54. The highest BCUT2D eigenvalue weighted by atomic mass is 35.5. The van der Waals surface area contributed by atoms with E-state index in [0.717, 1.165) is 16.9 Å². The molecule has 0 unspecified atom stereocenters. The van der Waals surface area contributed by atoms with Gasteiger partial charge in [-0.25, -0.2) is 9.48 Å².